The third-order valence-corrected chi connectivity index (χ3v) is 3.36. The average Bonchev–Trinajstić information content (AvgIpc) is 3.12. The fourth-order valence-electron chi connectivity index (χ4n) is 1.90. The minimum Gasteiger partial charge on any atom is -0.341 e. The van der Waals surface area contributed by atoms with Crippen molar-refractivity contribution in [1.82, 2.24) is 9.97 Å². The first-order valence-corrected chi connectivity index (χ1v) is 5.96. The smallest absolute Gasteiger partial charge is 0.225 e. The molecule has 1 heterocycles. The lowest BCUT2D eigenvalue weighted by Crippen LogP contribution is -2.32. The van der Waals surface area contributed by atoms with Crippen LogP contribution in [0.3, 0.4) is 0 Å². The topological polar surface area (TPSA) is 55.0 Å². The zero-order valence-electron chi connectivity index (χ0n) is 10.1. The first-order chi connectivity index (χ1) is 7.72. The maximum atomic E-state index is 5.49. The molecule has 0 amide bonds. The molecular weight excluding hydrogens is 200 g/mol. The second kappa shape index (κ2) is 4.78. The summed E-state index contributed by atoms with van der Waals surface area (Å²) < 4.78 is 0. The summed E-state index contributed by atoms with van der Waals surface area (Å²) in [5.74, 6) is 1.65. The second-order valence-corrected chi connectivity index (χ2v) is 4.62. The molecule has 0 bridgehead atoms. The number of nitrogens with two attached hydrogens (primary N) is 1. The summed E-state index contributed by atoms with van der Waals surface area (Å²) in [5.41, 5.74) is 6.60. The average molecular weight is 220 g/mol. The lowest BCUT2D eigenvalue weighted by Gasteiger charge is -2.24. The van der Waals surface area contributed by atoms with E-state index < -0.39 is 0 Å². The van der Waals surface area contributed by atoms with Crippen molar-refractivity contribution in [2.45, 2.75) is 32.2 Å². The zero-order chi connectivity index (χ0) is 11.5. The van der Waals surface area contributed by atoms with Gasteiger partial charge in [-0.3, -0.25) is 0 Å². The van der Waals surface area contributed by atoms with Gasteiger partial charge < -0.3 is 10.6 Å². The van der Waals surface area contributed by atoms with Crippen molar-refractivity contribution >= 4 is 5.95 Å². The van der Waals surface area contributed by atoms with E-state index in [-0.39, 0.29) is 0 Å². The van der Waals surface area contributed by atoms with Gasteiger partial charge in [-0.15, -0.1) is 0 Å². The number of aromatic nitrogens is 2. The molecule has 2 N–H and O–H groups in total. The van der Waals surface area contributed by atoms with Crippen LogP contribution in [0.4, 0.5) is 5.95 Å². The molecule has 1 aliphatic rings. The Labute approximate surface area is 96.9 Å². The highest BCUT2D eigenvalue weighted by Crippen LogP contribution is 2.35. The summed E-state index contributed by atoms with van der Waals surface area (Å²) >= 11 is 0. The molecule has 1 aromatic rings. The summed E-state index contributed by atoms with van der Waals surface area (Å²) in [5, 5.41) is 0. The van der Waals surface area contributed by atoms with E-state index in [0.29, 0.717) is 12.6 Å². The van der Waals surface area contributed by atoms with Gasteiger partial charge in [-0.25, -0.2) is 9.97 Å². The molecule has 1 saturated carbocycles. The molecule has 0 aliphatic heterocycles. The molecule has 16 heavy (non-hydrogen) atoms. The number of hydrogen-bond donors (Lipinski definition) is 1. The number of nitrogens with zero attached hydrogens (tertiary/aromatic N) is 3. The van der Waals surface area contributed by atoms with Crippen LogP contribution in [0.2, 0.25) is 0 Å². The van der Waals surface area contributed by atoms with E-state index >= 15 is 0 Å². The van der Waals surface area contributed by atoms with Crippen molar-refractivity contribution in [2.24, 2.45) is 11.7 Å². The van der Waals surface area contributed by atoms with Crippen LogP contribution in [0.5, 0.6) is 0 Å². The van der Waals surface area contributed by atoms with Crippen molar-refractivity contribution in [2.75, 3.05) is 18.5 Å². The second-order valence-electron chi connectivity index (χ2n) is 4.62. The van der Waals surface area contributed by atoms with Gasteiger partial charge in [0, 0.05) is 25.5 Å². The van der Waals surface area contributed by atoms with Crippen molar-refractivity contribution < 1.29 is 0 Å². The quantitative estimate of drug-likeness (QED) is 0.810. The molecule has 0 spiro atoms. The van der Waals surface area contributed by atoms with Gasteiger partial charge in [-0.05, 0) is 44.2 Å². The van der Waals surface area contributed by atoms with Gasteiger partial charge in [0.05, 0.1) is 0 Å². The van der Waals surface area contributed by atoms with E-state index in [4.69, 9.17) is 5.73 Å². The van der Waals surface area contributed by atoms with Gasteiger partial charge in [-0.2, -0.15) is 0 Å². The van der Waals surface area contributed by atoms with Gasteiger partial charge in [0.25, 0.3) is 0 Å². The predicted octanol–water partition coefficient (Wildman–Crippen LogP) is 1.21. The molecule has 0 radical (unpaired) electrons. The third kappa shape index (κ3) is 2.50. The Hall–Kier alpha value is -1.16. The fraction of sp³-hybridized carbons (Fsp3) is 0.667. The predicted molar refractivity (Wildman–Crippen MR) is 65.4 cm³/mol. The molecule has 1 aromatic heterocycles. The van der Waals surface area contributed by atoms with Crippen LogP contribution in [0.25, 0.3) is 0 Å². The van der Waals surface area contributed by atoms with E-state index in [2.05, 4.69) is 28.8 Å². The van der Waals surface area contributed by atoms with Crippen LogP contribution in [0.15, 0.2) is 12.4 Å². The molecule has 4 nitrogen and oxygen atoms in total. The van der Waals surface area contributed by atoms with Crippen molar-refractivity contribution in [1.29, 1.82) is 0 Å². The molecule has 88 valence electrons. The highest BCUT2D eigenvalue weighted by atomic mass is 15.2. The Morgan fingerprint density at radius 2 is 2.06 bits per heavy atom. The molecule has 0 saturated heterocycles. The highest BCUT2D eigenvalue weighted by molar-refractivity contribution is 5.30. The maximum Gasteiger partial charge on any atom is 0.225 e. The minimum absolute atomic E-state index is 0.542. The molecule has 1 unspecified atom stereocenters. The molecule has 1 atom stereocenters. The SMILES string of the molecule is CC(C1CC1)N(C)c1ncc(CCN)cn1. The molecular formula is C12H20N4. The van der Waals surface area contributed by atoms with Gasteiger partial charge >= 0.3 is 0 Å². The van der Waals surface area contributed by atoms with E-state index in [1.54, 1.807) is 0 Å². The zero-order valence-corrected chi connectivity index (χ0v) is 10.1. The van der Waals surface area contributed by atoms with Crippen LogP contribution >= 0.6 is 0 Å². The fourth-order valence-corrected chi connectivity index (χ4v) is 1.90. The Bertz CT molecular complexity index is 331. The van der Waals surface area contributed by atoms with Gasteiger partial charge in [-0.1, -0.05) is 0 Å². The lowest BCUT2D eigenvalue weighted by atomic mass is 10.2. The van der Waals surface area contributed by atoms with Crippen molar-refractivity contribution in [3.63, 3.8) is 0 Å². The van der Waals surface area contributed by atoms with Crippen LogP contribution in [0.1, 0.15) is 25.3 Å². The first kappa shape index (κ1) is 11.3. The first-order valence-electron chi connectivity index (χ1n) is 5.96. The van der Waals surface area contributed by atoms with E-state index in [1.807, 2.05) is 12.4 Å². The van der Waals surface area contributed by atoms with Crippen LogP contribution in [-0.2, 0) is 6.42 Å². The molecule has 2 rings (SSSR count). The number of anilines is 1. The van der Waals surface area contributed by atoms with Crippen molar-refractivity contribution in [3.8, 4) is 0 Å². The third-order valence-electron chi connectivity index (χ3n) is 3.36. The van der Waals surface area contributed by atoms with Crippen molar-refractivity contribution in [3.05, 3.63) is 18.0 Å². The monoisotopic (exact) mass is 220 g/mol. The summed E-state index contributed by atoms with van der Waals surface area (Å²) in [4.78, 5) is 10.9. The normalized spacial score (nSPS) is 17.2. The minimum atomic E-state index is 0.542. The Kier molecular flexibility index (Phi) is 3.39. The van der Waals surface area contributed by atoms with E-state index in [0.717, 1.165) is 23.9 Å². The van der Waals surface area contributed by atoms with Gasteiger partial charge in [0.2, 0.25) is 5.95 Å². The summed E-state index contributed by atoms with van der Waals surface area (Å²) in [6.07, 6.45) is 7.30. The van der Waals surface area contributed by atoms with Crippen LogP contribution in [-0.4, -0.2) is 29.6 Å². The Morgan fingerprint density at radius 1 is 1.44 bits per heavy atom. The largest absolute Gasteiger partial charge is 0.341 e. The molecule has 4 heteroatoms. The number of rotatable bonds is 5. The van der Waals surface area contributed by atoms with Gasteiger partial charge in [0.15, 0.2) is 0 Å². The van der Waals surface area contributed by atoms with Crippen LogP contribution in [0, 0.1) is 5.92 Å². The maximum absolute atomic E-state index is 5.49. The summed E-state index contributed by atoms with van der Waals surface area (Å²) in [6.45, 7) is 2.89. The number of hydrogen-bond acceptors (Lipinski definition) is 4. The van der Waals surface area contributed by atoms with E-state index in [9.17, 15) is 0 Å². The van der Waals surface area contributed by atoms with Crippen LogP contribution < -0.4 is 10.6 Å². The molecule has 1 aliphatic carbocycles. The van der Waals surface area contributed by atoms with Gasteiger partial charge in [0.1, 0.15) is 0 Å². The van der Waals surface area contributed by atoms with E-state index in [1.165, 1.54) is 12.8 Å². The Morgan fingerprint density at radius 3 is 2.56 bits per heavy atom. The lowest BCUT2D eigenvalue weighted by molar-refractivity contribution is 0.597. The summed E-state index contributed by atoms with van der Waals surface area (Å²) in [6, 6.07) is 0.542. The summed E-state index contributed by atoms with van der Waals surface area (Å²) in [7, 11) is 2.07. The molecule has 0 aromatic carbocycles. The highest BCUT2D eigenvalue weighted by Gasteiger charge is 2.31. The Balaban J connectivity index is 2.02. The standard InChI is InChI=1S/C12H20N4/c1-9(11-3-4-11)16(2)12-14-7-10(5-6-13)8-15-12/h7-9,11H,3-6,13H2,1-2H3. The molecule has 1 fully saturated rings.